The van der Waals surface area contributed by atoms with Crippen LogP contribution in [0.4, 0.5) is 4.39 Å². The van der Waals surface area contributed by atoms with E-state index in [0.717, 1.165) is 12.8 Å². The molecule has 1 amide bonds. The zero-order chi connectivity index (χ0) is 15.7. The number of amides is 1. The van der Waals surface area contributed by atoms with Crippen molar-refractivity contribution in [2.45, 2.75) is 18.8 Å². The molecule has 0 unspecified atom stereocenters. The molecule has 1 fully saturated rings. The van der Waals surface area contributed by atoms with Gasteiger partial charge in [0.1, 0.15) is 17.1 Å². The summed E-state index contributed by atoms with van der Waals surface area (Å²) in [6.07, 6.45) is 5.47. The third-order valence-corrected chi connectivity index (χ3v) is 4.18. The molecule has 1 aromatic carbocycles. The third-order valence-electron chi connectivity index (χ3n) is 4.18. The minimum Gasteiger partial charge on any atom is -0.507 e. The lowest BCUT2D eigenvalue weighted by Gasteiger charge is -2.31. The van der Waals surface area contributed by atoms with Crippen LogP contribution < -0.4 is 0 Å². The molecule has 1 saturated heterocycles. The fraction of sp³-hybridized carbons (Fsp3) is 0.375. The molecule has 1 aliphatic heterocycles. The Bertz CT molecular complexity index is 670. The molecule has 1 N–H and O–H groups in total. The lowest BCUT2D eigenvalue weighted by atomic mass is 9.91. The van der Waals surface area contributed by atoms with Crippen LogP contribution in [0.15, 0.2) is 30.6 Å². The van der Waals surface area contributed by atoms with Gasteiger partial charge in [-0.15, -0.1) is 0 Å². The molecule has 2 heterocycles. The average molecular weight is 303 g/mol. The molecule has 6 heteroatoms. The lowest BCUT2D eigenvalue weighted by molar-refractivity contribution is 0.0705. The number of hydrogen-bond acceptors (Lipinski definition) is 3. The molecule has 2 aromatic rings. The molecule has 1 aliphatic rings. The number of rotatable bonds is 2. The third kappa shape index (κ3) is 2.68. The van der Waals surface area contributed by atoms with Gasteiger partial charge in [0.05, 0.1) is 6.20 Å². The van der Waals surface area contributed by atoms with Gasteiger partial charge in [-0.05, 0) is 36.5 Å². The highest BCUT2D eigenvalue weighted by molar-refractivity contribution is 5.97. The summed E-state index contributed by atoms with van der Waals surface area (Å²) in [6.45, 7) is 1.10. The number of piperidine rings is 1. The first kappa shape index (κ1) is 14.6. The van der Waals surface area contributed by atoms with Crippen LogP contribution in [0.1, 0.15) is 34.7 Å². The number of nitrogens with zero attached hydrogens (tertiary/aromatic N) is 3. The molecule has 3 rings (SSSR count). The van der Waals surface area contributed by atoms with Crippen molar-refractivity contribution in [3.63, 3.8) is 0 Å². The highest BCUT2D eigenvalue weighted by Gasteiger charge is 2.28. The number of phenols is 1. The molecule has 22 heavy (non-hydrogen) atoms. The molecule has 0 atom stereocenters. The smallest absolute Gasteiger partial charge is 0.260 e. The fourth-order valence-corrected chi connectivity index (χ4v) is 2.95. The molecule has 0 radical (unpaired) electrons. The van der Waals surface area contributed by atoms with Crippen molar-refractivity contribution in [3.8, 4) is 5.75 Å². The van der Waals surface area contributed by atoms with E-state index in [-0.39, 0.29) is 11.3 Å². The maximum absolute atomic E-state index is 13.8. The first-order valence-electron chi connectivity index (χ1n) is 7.31. The van der Waals surface area contributed by atoms with Crippen molar-refractivity contribution in [1.82, 2.24) is 14.7 Å². The van der Waals surface area contributed by atoms with Crippen LogP contribution >= 0.6 is 0 Å². The minimum absolute atomic E-state index is 0.234. The van der Waals surface area contributed by atoms with E-state index in [9.17, 15) is 14.3 Å². The Morgan fingerprint density at radius 1 is 1.36 bits per heavy atom. The number of hydrogen-bond donors (Lipinski definition) is 1. The summed E-state index contributed by atoms with van der Waals surface area (Å²) in [7, 11) is 1.88. The van der Waals surface area contributed by atoms with Gasteiger partial charge < -0.3 is 10.0 Å². The number of aryl methyl sites for hydroxylation is 1. The Morgan fingerprint density at radius 2 is 2.09 bits per heavy atom. The summed E-state index contributed by atoms with van der Waals surface area (Å²) in [4.78, 5) is 14.0. The van der Waals surface area contributed by atoms with E-state index in [1.165, 1.54) is 23.8 Å². The van der Waals surface area contributed by atoms with Crippen LogP contribution in [0.3, 0.4) is 0 Å². The van der Waals surface area contributed by atoms with Crippen LogP contribution in [-0.2, 0) is 7.05 Å². The molecular weight excluding hydrogens is 285 g/mol. The van der Waals surface area contributed by atoms with Crippen molar-refractivity contribution < 1.29 is 14.3 Å². The highest BCUT2D eigenvalue weighted by atomic mass is 19.1. The van der Waals surface area contributed by atoms with Crippen LogP contribution in [-0.4, -0.2) is 38.8 Å². The Kier molecular flexibility index (Phi) is 3.83. The molecule has 0 aliphatic carbocycles. The standard InChI is InChI=1S/C16H18FN3O2/c1-19-10-12(9-18-19)11-5-7-20(8-6-11)16(22)15-13(17)3-2-4-14(15)21/h2-4,9-11,21H,5-8H2,1H3. The summed E-state index contributed by atoms with van der Waals surface area (Å²) in [5.41, 5.74) is 0.936. The second-order valence-corrected chi connectivity index (χ2v) is 5.65. The van der Waals surface area contributed by atoms with Crippen LogP contribution in [0.25, 0.3) is 0 Å². The number of carbonyl (C=O) groups is 1. The van der Waals surface area contributed by atoms with E-state index in [1.54, 1.807) is 9.58 Å². The number of carbonyl (C=O) groups excluding carboxylic acids is 1. The second kappa shape index (κ2) is 5.79. The number of aromatic hydroxyl groups is 1. The number of phenolic OH excluding ortho intramolecular Hbond substituents is 1. The monoisotopic (exact) mass is 303 g/mol. The zero-order valence-corrected chi connectivity index (χ0v) is 12.4. The Morgan fingerprint density at radius 3 is 2.68 bits per heavy atom. The molecule has 116 valence electrons. The van der Waals surface area contributed by atoms with E-state index in [2.05, 4.69) is 5.10 Å². The highest BCUT2D eigenvalue weighted by Crippen LogP contribution is 2.29. The van der Waals surface area contributed by atoms with Crippen molar-refractivity contribution in [3.05, 3.63) is 47.5 Å². The van der Waals surface area contributed by atoms with Crippen molar-refractivity contribution in [2.75, 3.05) is 13.1 Å². The van der Waals surface area contributed by atoms with Gasteiger partial charge in [0.2, 0.25) is 0 Å². The van der Waals surface area contributed by atoms with E-state index < -0.39 is 11.7 Å². The zero-order valence-electron chi connectivity index (χ0n) is 12.4. The Balaban J connectivity index is 1.70. The predicted molar refractivity (Wildman–Crippen MR) is 79.2 cm³/mol. The van der Waals surface area contributed by atoms with Crippen LogP contribution in [0, 0.1) is 5.82 Å². The second-order valence-electron chi connectivity index (χ2n) is 5.65. The molecule has 0 saturated carbocycles. The molecule has 0 spiro atoms. The minimum atomic E-state index is -0.681. The topological polar surface area (TPSA) is 58.4 Å². The van der Waals surface area contributed by atoms with Gasteiger partial charge in [0.15, 0.2) is 0 Å². The van der Waals surface area contributed by atoms with E-state index in [0.29, 0.717) is 19.0 Å². The predicted octanol–water partition coefficient (Wildman–Crippen LogP) is 2.28. The van der Waals surface area contributed by atoms with Crippen molar-refractivity contribution in [1.29, 1.82) is 0 Å². The molecule has 5 nitrogen and oxygen atoms in total. The van der Waals surface area contributed by atoms with Gasteiger partial charge in [0.25, 0.3) is 5.91 Å². The van der Waals surface area contributed by atoms with Gasteiger partial charge in [0, 0.05) is 26.3 Å². The SMILES string of the molecule is Cn1cc(C2CCN(C(=O)c3c(O)cccc3F)CC2)cn1. The number of aromatic nitrogens is 2. The van der Waals surface area contributed by atoms with Crippen LogP contribution in [0.5, 0.6) is 5.75 Å². The first-order valence-corrected chi connectivity index (χ1v) is 7.31. The molecule has 0 bridgehead atoms. The first-order chi connectivity index (χ1) is 10.6. The molecule has 1 aromatic heterocycles. The average Bonchev–Trinajstić information content (AvgIpc) is 2.94. The number of halogens is 1. The summed E-state index contributed by atoms with van der Waals surface area (Å²) < 4.78 is 15.5. The van der Waals surface area contributed by atoms with Gasteiger partial charge in [-0.3, -0.25) is 9.48 Å². The Labute approximate surface area is 128 Å². The summed E-state index contributed by atoms with van der Waals surface area (Å²) >= 11 is 0. The molecular formula is C16H18FN3O2. The lowest BCUT2D eigenvalue weighted by Crippen LogP contribution is -2.38. The largest absolute Gasteiger partial charge is 0.507 e. The summed E-state index contributed by atoms with van der Waals surface area (Å²) in [5, 5.41) is 13.9. The summed E-state index contributed by atoms with van der Waals surface area (Å²) in [5.74, 6) is -1.06. The van der Waals surface area contributed by atoms with Gasteiger partial charge >= 0.3 is 0 Å². The number of benzene rings is 1. The van der Waals surface area contributed by atoms with Crippen LogP contribution in [0.2, 0.25) is 0 Å². The summed E-state index contributed by atoms with van der Waals surface area (Å²) in [6, 6.07) is 3.91. The Hall–Kier alpha value is -2.37. The maximum atomic E-state index is 13.8. The van der Waals surface area contributed by atoms with E-state index in [4.69, 9.17) is 0 Å². The van der Waals surface area contributed by atoms with Crippen molar-refractivity contribution >= 4 is 5.91 Å². The van der Waals surface area contributed by atoms with E-state index >= 15 is 0 Å². The van der Waals surface area contributed by atoms with Gasteiger partial charge in [-0.2, -0.15) is 5.10 Å². The van der Waals surface area contributed by atoms with Crippen molar-refractivity contribution in [2.24, 2.45) is 7.05 Å². The fourth-order valence-electron chi connectivity index (χ4n) is 2.95. The van der Waals surface area contributed by atoms with Gasteiger partial charge in [-0.1, -0.05) is 6.07 Å². The normalized spacial score (nSPS) is 16.0. The van der Waals surface area contributed by atoms with Gasteiger partial charge in [-0.25, -0.2) is 4.39 Å². The van der Waals surface area contributed by atoms with E-state index in [1.807, 2.05) is 19.4 Å². The maximum Gasteiger partial charge on any atom is 0.260 e. The quantitative estimate of drug-likeness (QED) is 0.926. The number of likely N-dealkylation sites (tertiary alicyclic amines) is 1.